The highest BCUT2D eigenvalue weighted by molar-refractivity contribution is 9.11. The molecule has 1 aromatic carbocycles. The van der Waals surface area contributed by atoms with Crippen LogP contribution in [0.3, 0.4) is 0 Å². The molecule has 1 saturated carbocycles. The van der Waals surface area contributed by atoms with E-state index in [1.807, 2.05) is 30.6 Å². The lowest BCUT2D eigenvalue weighted by Crippen LogP contribution is -2.02. The molecule has 88 valence electrons. The molecule has 2 aromatic rings. The number of anilines is 2. The predicted molar refractivity (Wildman–Crippen MR) is 75.6 cm³/mol. The monoisotopic (exact) mass is 355 g/mol. The summed E-state index contributed by atoms with van der Waals surface area (Å²) in [7, 11) is 0. The molecule has 0 amide bonds. The highest BCUT2D eigenvalue weighted by Gasteiger charge is 2.25. The number of imidazole rings is 1. The summed E-state index contributed by atoms with van der Waals surface area (Å²) in [6.45, 7) is 0. The highest BCUT2D eigenvalue weighted by atomic mass is 79.9. The Morgan fingerprint density at radius 1 is 1.24 bits per heavy atom. The number of hydrogen-bond donors (Lipinski definition) is 1. The van der Waals surface area contributed by atoms with E-state index in [1.165, 1.54) is 12.8 Å². The number of halogens is 2. The third-order valence-electron chi connectivity index (χ3n) is 2.81. The summed E-state index contributed by atoms with van der Waals surface area (Å²) in [5.74, 6) is 0.903. The van der Waals surface area contributed by atoms with Crippen LogP contribution in [0.4, 0.5) is 11.6 Å². The van der Waals surface area contributed by atoms with Crippen LogP contribution in [0.25, 0.3) is 0 Å². The molecule has 0 aliphatic heterocycles. The molecule has 1 aliphatic carbocycles. The zero-order valence-electron chi connectivity index (χ0n) is 9.03. The first kappa shape index (κ1) is 11.3. The lowest BCUT2D eigenvalue weighted by Gasteiger charge is -2.11. The van der Waals surface area contributed by atoms with Gasteiger partial charge in [-0.25, -0.2) is 4.98 Å². The smallest absolute Gasteiger partial charge is 0.207 e. The Hall–Kier alpha value is -0.810. The number of nitrogens with zero attached hydrogens (tertiary/aromatic N) is 2. The minimum Gasteiger partial charge on any atom is -0.324 e. The van der Waals surface area contributed by atoms with Crippen LogP contribution in [0.2, 0.25) is 0 Å². The Balaban J connectivity index is 1.93. The van der Waals surface area contributed by atoms with Crippen molar-refractivity contribution in [3.8, 4) is 0 Å². The number of benzene rings is 1. The van der Waals surface area contributed by atoms with Gasteiger partial charge in [0.25, 0.3) is 0 Å². The van der Waals surface area contributed by atoms with Crippen LogP contribution < -0.4 is 5.32 Å². The second-order valence-corrected chi connectivity index (χ2v) is 5.82. The average molecular weight is 357 g/mol. The summed E-state index contributed by atoms with van der Waals surface area (Å²) in [4.78, 5) is 4.37. The highest BCUT2D eigenvalue weighted by Crippen LogP contribution is 2.39. The van der Waals surface area contributed by atoms with Crippen LogP contribution in [0.1, 0.15) is 18.9 Å². The molecule has 3 nitrogen and oxygen atoms in total. The number of rotatable bonds is 3. The summed E-state index contributed by atoms with van der Waals surface area (Å²) < 4.78 is 4.25. The average Bonchev–Trinajstić information content (AvgIpc) is 3.04. The van der Waals surface area contributed by atoms with E-state index in [9.17, 15) is 0 Å². The molecule has 5 heteroatoms. The molecule has 0 saturated heterocycles. The molecule has 0 spiro atoms. The zero-order valence-corrected chi connectivity index (χ0v) is 12.2. The SMILES string of the molecule is Brc1cccc(Br)c1Nc1nccn1C1CC1. The summed E-state index contributed by atoms with van der Waals surface area (Å²) in [5, 5.41) is 3.37. The molecule has 3 rings (SSSR count). The minimum absolute atomic E-state index is 0.626. The number of para-hydroxylation sites is 1. The Morgan fingerprint density at radius 3 is 2.59 bits per heavy atom. The van der Waals surface area contributed by atoms with Gasteiger partial charge in [-0.2, -0.15) is 0 Å². The first-order valence-electron chi connectivity index (χ1n) is 5.49. The van der Waals surface area contributed by atoms with Crippen LogP contribution in [0.15, 0.2) is 39.5 Å². The normalized spacial score (nSPS) is 14.9. The van der Waals surface area contributed by atoms with E-state index in [-0.39, 0.29) is 0 Å². The van der Waals surface area contributed by atoms with Crippen LogP contribution in [-0.4, -0.2) is 9.55 Å². The van der Waals surface area contributed by atoms with E-state index in [2.05, 4.69) is 46.7 Å². The molecular weight excluding hydrogens is 346 g/mol. The lowest BCUT2D eigenvalue weighted by atomic mass is 10.3. The van der Waals surface area contributed by atoms with E-state index in [4.69, 9.17) is 0 Å². The number of hydrogen-bond acceptors (Lipinski definition) is 2. The van der Waals surface area contributed by atoms with Gasteiger partial charge in [0, 0.05) is 27.4 Å². The Kier molecular flexibility index (Phi) is 2.96. The quantitative estimate of drug-likeness (QED) is 0.878. The van der Waals surface area contributed by atoms with Gasteiger partial charge in [0.1, 0.15) is 0 Å². The van der Waals surface area contributed by atoms with Gasteiger partial charge in [0.15, 0.2) is 0 Å². The van der Waals surface area contributed by atoms with Crippen LogP contribution in [0.5, 0.6) is 0 Å². The third kappa shape index (κ3) is 2.26. The Morgan fingerprint density at radius 2 is 1.94 bits per heavy atom. The van der Waals surface area contributed by atoms with Crippen molar-refractivity contribution in [1.82, 2.24) is 9.55 Å². The molecule has 17 heavy (non-hydrogen) atoms. The maximum Gasteiger partial charge on any atom is 0.207 e. The second-order valence-electron chi connectivity index (χ2n) is 4.11. The predicted octanol–water partition coefficient (Wildman–Crippen LogP) is 4.49. The van der Waals surface area contributed by atoms with Crippen molar-refractivity contribution < 1.29 is 0 Å². The summed E-state index contributed by atoms with van der Waals surface area (Å²) in [5.41, 5.74) is 1.01. The van der Waals surface area contributed by atoms with Gasteiger partial charge in [-0.1, -0.05) is 6.07 Å². The molecule has 1 aromatic heterocycles. The molecule has 1 heterocycles. The molecule has 0 radical (unpaired) electrons. The van der Waals surface area contributed by atoms with Crippen molar-refractivity contribution in [2.45, 2.75) is 18.9 Å². The summed E-state index contributed by atoms with van der Waals surface area (Å²) in [6.07, 6.45) is 6.38. The van der Waals surface area contributed by atoms with Crippen LogP contribution in [0, 0.1) is 0 Å². The van der Waals surface area contributed by atoms with E-state index >= 15 is 0 Å². The Bertz CT molecular complexity index is 526. The van der Waals surface area contributed by atoms with Crippen molar-refractivity contribution >= 4 is 43.5 Å². The van der Waals surface area contributed by atoms with Crippen molar-refractivity contribution in [2.75, 3.05) is 5.32 Å². The van der Waals surface area contributed by atoms with Gasteiger partial charge in [-0.05, 0) is 56.8 Å². The van der Waals surface area contributed by atoms with Gasteiger partial charge in [-0.15, -0.1) is 0 Å². The first-order chi connectivity index (χ1) is 8.25. The lowest BCUT2D eigenvalue weighted by molar-refractivity contribution is 0.751. The zero-order chi connectivity index (χ0) is 11.8. The van der Waals surface area contributed by atoms with Crippen molar-refractivity contribution in [1.29, 1.82) is 0 Å². The molecule has 0 unspecified atom stereocenters. The van der Waals surface area contributed by atoms with Crippen molar-refractivity contribution in [3.63, 3.8) is 0 Å². The fourth-order valence-corrected chi connectivity index (χ4v) is 2.98. The van der Waals surface area contributed by atoms with E-state index < -0.39 is 0 Å². The van der Waals surface area contributed by atoms with Gasteiger partial charge < -0.3 is 9.88 Å². The molecule has 0 atom stereocenters. The second kappa shape index (κ2) is 4.46. The number of nitrogens with one attached hydrogen (secondary N) is 1. The van der Waals surface area contributed by atoms with Crippen LogP contribution in [-0.2, 0) is 0 Å². The maximum atomic E-state index is 4.37. The topological polar surface area (TPSA) is 29.9 Å². The Labute approximate surface area is 117 Å². The van der Waals surface area contributed by atoms with Crippen molar-refractivity contribution in [2.24, 2.45) is 0 Å². The maximum absolute atomic E-state index is 4.37. The fourth-order valence-electron chi connectivity index (χ4n) is 1.79. The molecular formula is C12H11Br2N3. The molecule has 1 aliphatic rings. The van der Waals surface area contributed by atoms with Crippen LogP contribution >= 0.6 is 31.9 Å². The van der Waals surface area contributed by atoms with Gasteiger partial charge in [0.2, 0.25) is 5.95 Å². The van der Waals surface area contributed by atoms with E-state index in [1.54, 1.807) is 0 Å². The van der Waals surface area contributed by atoms with Gasteiger partial charge in [-0.3, -0.25) is 0 Å². The van der Waals surface area contributed by atoms with E-state index in [0.29, 0.717) is 6.04 Å². The number of aromatic nitrogens is 2. The van der Waals surface area contributed by atoms with E-state index in [0.717, 1.165) is 20.6 Å². The molecule has 1 fully saturated rings. The standard InChI is InChI=1S/C12H11Br2N3/c13-9-2-1-3-10(14)11(9)16-12-15-6-7-17(12)8-4-5-8/h1-3,6-8H,4-5H2,(H,15,16). The summed E-state index contributed by atoms with van der Waals surface area (Å²) in [6, 6.07) is 6.64. The fraction of sp³-hybridized carbons (Fsp3) is 0.250. The first-order valence-corrected chi connectivity index (χ1v) is 7.08. The minimum atomic E-state index is 0.626. The van der Waals surface area contributed by atoms with Gasteiger partial charge in [0.05, 0.1) is 5.69 Å². The van der Waals surface area contributed by atoms with Gasteiger partial charge >= 0.3 is 0 Å². The third-order valence-corrected chi connectivity index (χ3v) is 4.13. The molecule has 0 bridgehead atoms. The largest absolute Gasteiger partial charge is 0.324 e. The molecule has 1 N–H and O–H groups in total. The van der Waals surface area contributed by atoms with Crippen molar-refractivity contribution in [3.05, 3.63) is 39.5 Å². The summed E-state index contributed by atoms with van der Waals surface area (Å²) >= 11 is 7.08.